The lowest BCUT2D eigenvalue weighted by Crippen LogP contribution is -2.10. The Morgan fingerprint density at radius 3 is 1.53 bits per heavy atom. The Balaban J connectivity index is 1.01. The summed E-state index contributed by atoms with van der Waals surface area (Å²) in [4.78, 5) is 2.43. The molecule has 0 saturated heterocycles. The molecule has 11 aromatic carbocycles. The smallest absolute Gasteiger partial charge is 0.0640 e. The molecular weight excluding hydrogens is 767 g/mol. The maximum absolute atomic E-state index is 2.43. The van der Waals surface area contributed by atoms with Gasteiger partial charge in [0.1, 0.15) is 0 Å². The van der Waals surface area contributed by atoms with Gasteiger partial charge < -0.3 is 4.90 Å². The Kier molecular flexibility index (Phi) is 8.76. The molecule has 0 amide bonds. The monoisotopic (exact) mass is 805 g/mol. The Bertz CT molecular complexity index is 3600. The van der Waals surface area contributed by atoms with Crippen LogP contribution in [-0.2, 0) is 0 Å². The van der Waals surface area contributed by atoms with Gasteiger partial charge in [0.15, 0.2) is 0 Å². The van der Waals surface area contributed by atoms with Crippen LogP contribution in [0.5, 0.6) is 0 Å². The van der Waals surface area contributed by atoms with Gasteiger partial charge >= 0.3 is 0 Å². The maximum atomic E-state index is 2.43. The molecule has 62 heavy (non-hydrogen) atoms. The molecule has 0 unspecified atom stereocenters. The summed E-state index contributed by atoms with van der Waals surface area (Å²) in [5.41, 5.74) is 13.2. The molecule has 0 atom stereocenters. The first kappa shape index (κ1) is 36.1. The maximum Gasteiger partial charge on any atom is 0.0640 e. The molecule has 0 bridgehead atoms. The number of hydrogen-bond acceptors (Lipinski definition) is 2. The Morgan fingerprint density at radius 1 is 0.290 bits per heavy atom. The summed E-state index contributed by atoms with van der Waals surface area (Å²) in [5.74, 6) is 0. The fourth-order valence-corrected chi connectivity index (χ4v) is 10.8. The highest BCUT2D eigenvalue weighted by Gasteiger charge is 2.21. The predicted molar refractivity (Wildman–Crippen MR) is 268 cm³/mol. The normalized spacial score (nSPS) is 11.5. The van der Waals surface area contributed by atoms with Crippen molar-refractivity contribution < 1.29 is 0 Å². The molecule has 0 fully saturated rings. The molecule has 0 N–H and O–H groups in total. The highest BCUT2D eigenvalue weighted by molar-refractivity contribution is 7.26. The van der Waals surface area contributed by atoms with Crippen molar-refractivity contribution in [3.63, 3.8) is 0 Å². The fraction of sp³-hybridized carbons (Fsp3) is 0. The van der Waals surface area contributed by atoms with Gasteiger partial charge in [-0.2, -0.15) is 0 Å². The minimum absolute atomic E-state index is 1.11. The van der Waals surface area contributed by atoms with Crippen LogP contribution in [0.4, 0.5) is 17.1 Å². The van der Waals surface area contributed by atoms with E-state index in [0.717, 1.165) is 11.4 Å². The fourth-order valence-electron chi connectivity index (χ4n) is 9.59. The summed E-state index contributed by atoms with van der Waals surface area (Å²) < 4.78 is 2.58. The Labute approximate surface area is 365 Å². The van der Waals surface area contributed by atoms with E-state index in [2.05, 4.69) is 241 Å². The Hall–Kier alpha value is -7.78. The molecule has 1 heterocycles. The topological polar surface area (TPSA) is 3.24 Å². The van der Waals surface area contributed by atoms with Gasteiger partial charge in [0, 0.05) is 26.8 Å². The largest absolute Gasteiger partial charge is 0.309 e. The van der Waals surface area contributed by atoms with E-state index in [9.17, 15) is 0 Å². The van der Waals surface area contributed by atoms with E-state index in [1.807, 2.05) is 11.3 Å². The second-order valence-electron chi connectivity index (χ2n) is 16.0. The van der Waals surface area contributed by atoms with Crippen molar-refractivity contribution in [2.75, 3.05) is 4.90 Å². The van der Waals surface area contributed by atoms with Crippen molar-refractivity contribution in [3.05, 3.63) is 237 Å². The zero-order valence-corrected chi connectivity index (χ0v) is 34.7. The lowest BCUT2D eigenvalue weighted by atomic mass is 9.84. The molecule has 0 aliphatic heterocycles. The number of hydrogen-bond donors (Lipinski definition) is 0. The summed E-state index contributed by atoms with van der Waals surface area (Å²) in [7, 11) is 0. The molecule has 1 aromatic heterocycles. The van der Waals surface area contributed by atoms with Crippen molar-refractivity contribution >= 4 is 80.9 Å². The summed E-state index contributed by atoms with van der Waals surface area (Å²) in [6.07, 6.45) is 0. The van der Waals surface area contributed by atoms with Gasteiger partial charge in [-0.3, -0.25) is 0 Å². The van der Waals surface area contributed by atoms with Crippen LogP contribution in [0.1, 0.15) is 0 Å². The second-order valence-corrected chi connectivity index (χ2v) is 17.0. The number of anilines is 3. The van der Waals surface area contributed by atoms with E-state index in [1.54, 1.807) is 0 Å². The van der Waals surface area contributed by atoms with E-state index in [0.29, 0.717) is 0 Å². The van der Waals surface area contributed by atoms with Crippen molar-refractivity contribution in [1.29, 1.82) is 0 Å². The number of fused-ring (bicyclic) bond motifs is 7. The lowest BCUT2D eigenvalue weighted by molar-refractivity contribution is 1.30. The van der Waals surface area contributed by atoms with Crippen molar-refractivity contribution in [3.8, 4) is 44.5 Å². The van der Waals surface area contributed by atoms with Crippen LogP contribution >= 0.6 is 11.3 Å². The van der Waals surface area contributed by atoms with Crippen molar-refractivity contribution in [2.45, 2.75) is 0 Å². The van der Waals surface area contributed by atoms with E-state index in [4.69, 9.17) is 0 Å². The predicted octanol–water partition coefficient (Wildman–Crippen LogP) is 17.7. The third-order valence-corrected chi connectivity index (χ3v) is 13.7. The van der Waals surface area contributed by atoms with Crippen LogP contribution in [0.2, 0.25) is 0 Å². The minimum Gasteiger partial charge on any atom is -0.309 e. The summed E-state index contributed by atoms with van der Waals surface area (Å²) in [5, 5.41) is 10.1. The van der Waals surface area contributed by atoms with Gasteiger partial charge in [-0.25, -0.2) is 0 Å². The van der Waals surface area contributed by atoms with Crippen molar-refractivity contribution in [1.82, 2.24) is 0 Å². The first-order valence-electron chi connectivity index (χ1n) is 21.3. The summed E-state index contributed by atoms with van der Waals surface area (Å²) in [6.45, 7) is 0. The van der Waals surface area contributed by atoms with Gasteiger partial charge in [0.05, 0.1) is 10.4 Å². The zero-order valence-electron chi connectivity index (χ0n) is 33.9. The molecule has 0 aliphatic carbocycles. The average Bonchev–Trinajstić information content (AvgIpc) is 3.74. The molecule has 1 nitrogen and oxygen atoms in total. The van der Waals surface area contributed by atoms with Crippen LogP contribution in [0.3, 0.4) is 0 Å². The van der Waals surface area contributed by atoms with Crippen LogP contribution in [0.15, 0.2) is 237 Å². The third kappa shape index (κ3) is 6.07. The lowest BCUT2D eigenvalue weighted by Gasteiger charge is -2.26. The van der Waals surface area contributed by atoms with Crippen LogP contribution in [-0.4, -0.2) is 0 Å². The number of benzene rings is 11. The second kappa shape index (κ2) is 15.0. The van der Waals surface area contributed by atoms with E-state index < -0.39 is 0 Å². The van der Waals surface area contributed by atoms with E-state index in [-0.39, 0.29) is 0 Å². The van der Waals surface area contributed by atoms with Crippen molar-refractivity contribution in [2.24, 2.45) is 0 Å². The zero-order chi connectivity index (χ0) is 41.0. The van der Waals surface area contributed by atoms with E-state index >= 15 is 0 Å². The van der Waals surface area contributed by atoms with Crippen LogP contribution in [0, 0.1) is 0 Å². The molecule has 0 spiro atoms. The molecule has 0 aliphatic rings. The standard InChI is InChI=1S/C60H39NS/c1-3-16-43(17-4-1)58-53-24-10-9-22-50(53)51-38-33-45(39-55(51)59(58)44-18-5-2-6-19-44)40-29-34-46(35-30-40)61(56-27-14-26-54-52-23-11-12-28-57(52)62-60(54)56)47-36-31-42(32-37-47)49-25-13-20-41-15-7-8-21-48(41)49/h1-39H. The number of rotatable bonds is 7. The van der Waals surface area contributed by atoms with E-state index in [1.165, 1.54) is 103 Å². The van der Waals surface area contributed by atoms with Gasteiger partial charge in [-0.05, 0) is 119 Å². The van der Waals surface area contributed by atoms with Crippen LogP contribution < -0.4 is 4.90 Å². The quantitative estimate of drug-likeness (QED) is 0.145. The van der Waals surface area contributed by atoms with Crippen LogP contribution in [0.25, 0.3) is 97.0 Å². The van der Waals surface area contributed by atoms with Gasteiger partial charge in [-0.1, -0.05) is 194 Å². The molecular formula is C60H39NS. The highest BCUT2D eigenvalue weighted by Crippen LogP contribution is 2.47. The first-order chi connectivity index (χ1) is 30.8. The minimum atomic E-state index is 1.11. The third-order valence-electron chi connectivity index (χ3n) is 12.5. The first-order valence-corrected chi connectivity index (χ1v) is 22.1. The van der Waals surface area contributed by atoms with Gasteiger partial charge in [-0.15, -0.1) is 11.3 Å². The summed E-state index contributed by atoms with van der Waals surface area (Å²) >= 11 is 1.87. The molecule has 2 heteroatoms. The Morgan fingerprint density at radius 2 is 0.806 bits per heavy atom. The molecule has 12 aromatic rings. The molecule has 12 rings (SSSR count). The average molecular weight is 806 g/mol. The molecule has 0 saturated carbocycles. The number of nitrogens with zero attached hydrogens (tertiary/aromatic N) is 1. The highest BCUT2D eigenvalue weighted by atomic mass is 32.1. The molecule has 0 radical (unpaired) electrons. The van der Waals surface area contributed by atoms with Gasteiger partial charge in [0.2, 0.25) is 0 Å². The van der Waals surface area contributed by atoms with Gasteiger partial charge in [0.25, 0.3) is 0 Å². The summed E-state index contributed by atoms with van der Waals surface area (Å²) in [6, 6.07) is 86.7. The number of thiophene rings is 1. The SMILES string of the molecule is c1ccc(-c2c(-c3ccccc3)c3cc(-c4ccc(N(c5ccc(-c6cccc7ccccc67)cc5)c5cccc6c5sc5ccccc56)cc4)ccc3c3ccccc23)cc1. The molecule has 290 valence electrons.